The topological polar surface area (TPSA) is 66.4 Å². The number of hydrogen-bond donors (Lipinski definition) is 3. The highest BCUT2D eigenvalue weighted by atomic mass is 32.1. The van der Waals surface area contributed by atoms with Gasteiger partial charge < -0.3 is 10.4 Å². The summed E-state index contributed by atoms with van der Waals surface area (Å²) < 4.78 is 0. The first kappa shape index (κ1) is 18.6. The van der Waals surface area contributed by atoms with Crippen molar-refractivity contribution in [2.45, 2.75) is 39.2 Å². The molecule has 2 N–H and O–H groups in total. The van der Waals surface area contributed by atoms with E-state index >= 15 is 0 Å². The molecule has 0 aromatic heterocycles. The van der Waals surface area contributed by atoms with E-state index in [1.807, 2.05) is 51.1 Å². The fourth-order valence-electron chi connectivity index (χ4n) is 2.43. The van der Waals surface area contributed by atoms with Crippen LogP contribution in [-0.4, -0.2) is 28.8 Å². The Balaban J connectivity index is 2.81. The normalized spacial score (nSPS) is 15.1. The summed E-state index contributed by atoms with van der Waals surface area (Å²) in [6, 6.07) is 8.87. The van der Waals surface area contributed by atoms with Crippen LogP contribution in [0.4, 0.5) is 0 Å². The second-order valence-electron chi connectivity index (χ2n) is 6.02. The van der Waals surface area contributed by atoms with Gasteiger partial charge in [-0.2, -0.15) is 12.6 Å². The zero-order chi connectivity index (χ0) is 16.7. The predicted octanol–water partition coefficient (Wildman–Crippen LogP) is 2.95. The molecule has 0 radical (unpaired) electrons. The number of amides is 1. The minimum Gasteiger partial charge on any atom is -0.480 e. The van der Waals surface area contributed by atoms with Crippen LogP contribution in [0.15, 0.2) is 30.3 Å². The Hall–Kier alpha value is -1.49. The number of aliphatic carboxylic acids is 1. The summed E-state index contributed by atoms with van der Waals surface area (Å²) >= 11 is 4.28. The van der Waals surface area contributed by atoms with Gasteiger partial charge in [0.05, 0.1) is 5.92 Å². The number of carboxylic acid groups (broad SMARTS) is 1. The average molecular weight is 323 g/mol. The van der Waals surface area contributed by atoms with Gasteiger partial charge in [-0.3, -0.25) is 4.79 Å². The summed E-state index contributed by atoms with van der Waals surface area (Å²) in [5, 5.41) is 11.9. The highest BCUT2D eigenvalue weighted by Crippen LogP contribution is 2.25. The predicted molar refractivity (Wildman–Crippen MR) is 91.2 cm³/mol. The van der Waals surface area contributed by atoms with Gasteiger partial charge in [0.1, 0.15) is 6.04 Å². The van der Waals surface area contributed by atoms with E-state index in [4.69, 9.17) is 0 Å². The SMILES string of the molecule is CC(C)C[C@H](NC(=O)C(CS)C(C)c1ccccc1)C(=O)O. The summed E-state index contributed by atoms with van der Waals surface area (Å²) in [6.45, 7) is 5.84. The molecule has 0 bridgehead atoms. The lowest BCUT2D eigenvalue weighted by atomic mass is 9.88. The molecule has 5 heteroatoms. The first-order valence-electron chi connectivity index (χ1n) is 7.55. The van der Waals surface area contributed by atoms with Crippen LogP contribution in [-0.2, 0) is 9.59 Å². The van der Waals surface area contributed by atoms with Gasteiger partial charge in [0.15, 0.2) is 0 Å². The number of rotatable bonds is 8. The molecule has 0 aliphatic heterocycles. The van der Waals surface area contributed by atoms with Gasteiger partial charge in [-0.1, -0.05) is 51.1 Å². The molecular weight excluding hydrogens is 298 g/mol. The molecule has 122 valence electrons. The van der Waals surface area contributed by atoms with Gasteiger partial charge in [-0.15, -0.1) is 0 Å². The van der Waals surface area contributed by atoms with Crippen LogP contribution in [0, 0.1) is 11.8 Å². The molecule has 1 amide bonds. The summed E-state index contributed by atoms with van der Waals surface area (Å²) in [5.41, 5.74) is 1.05. The number of thiol groups is 1. The standard InChI is InChI=1S/C17H25NO3S/c1-11(2)9-15(17(20)21)18-16(19)14(10-22)12(3)13-7-5-4-6-8-13/h4-8,11-12,14-15,22H,9-10H2,1-3H3,(H,18,19)(H,20,21)/t12?,14?,15-/m0/s1. The Kier molecular flexibility index (Phi) is 7.45. The van der Waals surface area contributed by atoms with E-state index in [9.17, 15) is 14.7 Å². The van der Waals surface area contributed by atoms with Crippen LogP contribution in [0.3, 0.4) is 0 Å². The Morgan fingerprint density at radius 3 is 2.23 bits per heavy atom. The molecule has 1 aromatic rings. The van der Waals surface area contributed by atoms with Crippen LogP contribution in [0.1, 0.15) is 38.7 Å². The lowest BCUT2D eigenvalue weighted by Crippen LogP contribution is -2.45. The van der Waals surface area contributed by atoms with Crippen LogP contribution >= 0.6 is 12.6 Å². The minimum atomic E-state index is -0.993. The van der Waals surface area contributed by atoms with E-state index in [0.717, 1.165) is 5.56 Å². The van der Waals surface area contributed by atoms with Gasteiger partial charge >= 0.3 is 5.97 Å². The van der Waals surface area contributed by atoms with Gasteiger partial charge in [-0.05, 0) is 23.8 Å². The lowest BCUT2D eigenvalue weighted by Gasteiger charge is -2.25. The molecule has 1 aromatic carbocycles. The third-order valence-corrected chi connectivity index (χ3v) is 4.18. The molecule has 3 atom stereocenters. The summed E-state index contributed by atoms with van der Waals surface area (Å²) in [6.07, 6.45) is 0.417. The molecule has 0 heterocycles. The van der Waals surface area contributed by atoms with E-state index in [0.29, 0.717) is 12.2 Å². The third-order valence-electron chi connectivity index (χ3n) is 3.78. The van der Waals surface area contributed by atoms with E-state index in [-0.39, 0.29) is 23.7 Å². The second-order valence-corrected chi connectivity index (χ2v) is 6.38. The minimum absolute atomic E-state index is 0.0211. The number of hydrogen-bond acceptors (Lipinski definition) is 3. The smallest absolute Gasteiger partial charge is 0.326 e. The number of nitrogens with one attached hydrogen (secondary N) is 1. The van der Waals surface area contributed by atoms with Crippen molar-refractivity contribution in [2.24, 2.45) is 11.8 Å². The largest absolute Gasteiger partial charge is 0.480 e. The van der Waals surface area contributed by atoms with Gasteiger partial charge in [0.25, 0.3) is 0 Å². The maximum atomic E-state index is 12.5. The zero-order valence-electron chi connectivity index (χ0n) is 13.3. The Morgan fingerprint density at radius 2 is 1.77 bits per heavy atom. The van der Waals surface area contributed by atoms with E-state index in [2.05, 4.69) is 17.9 Å². The number of benzene rings is 1. The maximum Gasteiger partial charge on any atom is 0.326 e. The van der Waals surface area contributed by atoms with Crippen molar-refractivity contribution in [2.75, 3.05) is 5.75 Å². The number of carbonyl (C=O) groups is 2. The Bertz CT molecular complexity index is 490. The molecule has 22 heavy (non-hydrogen) atoms. The van der Waals surface area contributed by atoms with Crippen LogP contribution in [0.5, 0.6) is 0 Å². The fraction of sp³-hybridized carbons (Fsp3) is 0.529. The molecule has 2 unspecified atom stereocenters. The van der Waals surface area contributed by atoms with Crippen molar-refractivity contribution in [1.82, 2.24) is 5.32 Å². The Labute approximate surface area is 137 Å². The highest BCUT2D eigenvalue weighted by Gasteiger charge is 2.29. The molecule has 4 nitrogen and oxygen atoms in total. The van der Waals surface area contributed by atoms with E-state index in [1.165, 1.54) is 0 Å². The van der Waals surface area contributed by atoms with Crippen molar-refractivity contribution in [1.29, 1.82) is 0 Å². The van der Waals surface area contributed by atoms with E-state index in [1.54, 1.807) is 0 Å². The molecule has 1 rings (SSSR count). The van der Waals surface area contributed by atoms with Gasteiger partial charge in [0, 0.05) is 5.75 Å². The zero-order valence-corrected chi connectivity index (χ0v) is 14.2. The fourth-order valence-corrected chi connectivity index (χ4v) is 2.91. The first-order valence-corrected chi connectivity index (χ1v) is 8.19. The monoisotopic (exact) mass is 323 g/mol. The third kappa shape index (κ3) is 5.37. The molecular formula is C17H25NO3S. The second kappa shape index (κ2) is 8.83. The van der Waals surface area contributed by atoms with Gasteiger partial charge in [-0.25, -0.2) is 4.79 Å². The molecule has 0 aliphatic rings. The molecule has 0 saturated heterocycles. The average Bonchev–Trinajstić information content (AvgIpc) is 2.47. The van der Waals surface area contributed by atoms with Crippen molar-refractivity contribution >= 4 is 24.5 Å². The quantitative estimate of drug-likeness (QED) is 0.644. The van der Waals surface area contributed by atoms with Crippen molar-refractivity contribution in [3.05, 3.63) is 35.9 Å². The van der Waals surface area contributed by atoms with Crippen LogP contribution < -0.4 is 5.32 Å². The molecule has 0 saturated carbocycles. The summed E-state index contributed by atoms with van der Waals surface area (Å²) in [5.74, 6) is -1.06. The Morgan fingerprint density at radius 1 is 1.18 bits per heavy atom. The van der Waals surface area contributed by atoms with Gasteiger partial charge in [0.2, 0.25) is 5.91 Å². The van der Waals surface area contributed by atoms with Crippen LogP contribution in [0.25, 0.3) is 0 Å². The molecule has 0 aliphatic carbocycles. The summed E-state index contributed by atoms with van der Waals surface area (Å²) in [4.78, 5) is 23.7. The highest BCUT2D eigenvalue weighted by molar-refractivity contribution is 7.80. The summed E-state index contributed by atoms with van der Waals surface area (Å²) in [7, 11) is 0. The van der Waals surface area contributed by atoms with Crippen LogP contribution in [0.2, 0.25) is 0 Å². The van der Waals surface area contributed by atoms with Crippen molar-refractivity contribution < 1.29 is 14.7 Å². The van der Waals surface area contributed by atoms with E-state index < -0.39 is 12.0 Å². The number of carboxylic acids is 1. The first-order chi connectivity index (χ1) is 10.4. The number of carbonyl (C=O) groups excluding carboxylic acids is 1. The lowest BCUT2D eigenvalue weighted by molar-refractivity contribution is -0.142. The maximum absolute atomic E-state index is 12.5. The molecule has 0 spiro atoms. The van der Waals surface area contributed by atoms with Crippen molar-refractivity contribution in [3.8, 4) is 0 Å². The molecule has 0 fully saturated rings. The van der Waals surface area contributed by atoms with Crippen molar-refractivity contribution in [3.63, 3.8) is 0 Å².